The zero-order valence-corrected chi connectivity index (χ0v) is 8.39. The first kappa shape index (κ1) is 10.1. The molecule has 4 nitrogen and oxygen atoms in total. The highest BCUT2D eigenvalue weighted by Gasteiger charge is 2.18. The lowest BCUT2D eigenvalue weighted by atomic mass is 10.2. The minimum Gasteiger partial charge on any atom is -0.460 e. The number of hydrogen-bond donors (Lipinski definition) is 0. The van der Waals surface area contributed by atoms with Crippen LogP contribution in [0.4, 0.5) is 0 Å². The quantitative estimate of drug-likeness (QED) is 0.690. The first-order valence-electron chi connectivity index (χ1n) is 4.84. The molecule has 1 aromatic carbocycles. The lowest BCUT2D eigenvalue weighted by Gasteiger charge is -2.29. The van der Waals surface area contributed by atoms with E-state index in [0.29, 0.717) is 26.6 Å². The third kappa shape index (κ3) is 3.04. The molecule has 1 aliphatic rings. The smallest absolute Gasteiger partial charge is 0.320 e. The summed E-state index contributed by atoms with van der Waals surface area (Å²) in [5.74, 6) is -0.206. The molecule has 1 aliphatic heterocycles. The second kappa shape index (κ2) is 4.91. The third-order valence-corrected chi connectivity index (χ3v) is 2.14. The van der Waals surface area contributed by atoms with Crippen LogP contribution < -0.4 is 0 Å². The summed E-state index contributed by atoms with van der Waals surface area (Å²) in [6.07, 6.45) is 0. The van der Waals surface area contributed by atoms with Gasteiger partial charge < -0.3 is 9.47 Å². The van der Waals surface area contributed by atoms with Gasteiger partial charge in [-0.15, -0.1) is 0 Å². The monoisotopic (exact) mass is 207 g/mol. The highest BCUT2D eigenvalue weighted by atomic mass is 16.6. The standard InChI is InChI=1S/C11H13NO3/c13-11(6-12-8-14-9-12)15-7-10-4-2-1-3-5-10/h1-5H,6-9H2. The normalized spacial score (nSPS) is 15.7. The second-order valence-electron chi connectivity index (χ2n) is 3.44. The molecule has 0 unspecified atom stereocenters. The average Bonchev–Trinajstić information content (AvgIpc) is 2.22. The largest absolute Gasteiger partial charge is 0.460 e. The fraction of sp³-hybridized carbons (Fsp3) is 0.364. The molecule has 0 aliphatic carbocycles. The van der Waals surface area contributed by atoms with Crippen molar-refractivity contribution in [3.63, 3.8) is 0 Å². The van der Waals surface area contributed by atoms with Crippen molar-refractivity contribution in [2.24, 2.45) is 0 Å². The molecule has 0 saturated carbocycles. The van der Waals surface area contributed by atoms with Crippen LogP contribution in [-0.4, -0.2) is 30.9 Å². The van der Waals surface area contributed by atoms with Gasteiger partial charge in [0.15, 0.2) is 0 Å². The van der Waals surface area contributed by atoms with Crippen LogP contribution in [-0.2, 0) is 20.9 Å². The van der Waals surface area contributed by atoms with E-state index in [0.717, 1.165) is 5.56 Å². The molecule has 4 heteroatoms. The summed E-state index contributed by atoms with van der Waals surface area (Å²) in [6.45, 7) is 1.71. The molecule has 1 fully saturated rings. The lowest BCUT2D eigenvalue weighted by Crippen LogP contribution is -2.43. The van der Waals surface area contributed by atoms with E-state index in [1.807, 2.05) is 35.2 Å². The van der Waals surface area contributed by atoms with E-state index in [1.165, 1.54) is 0 Å². The predicted molar refractivity (Wildman–Crippen MR) is 53.8 cm³/mol. The Bertz CT molecular complexity index is 322. The Hall–Kier alpha value is -1.39. The molecule has 0 amide bonds. The van der Waals surface area contributed by atoms with E-state index < -0.39 is 0 Å². The van der Waals surface area contributed by atoms with E-state index >= 15 is 0 Å². The summed E-state index contributed by atoms with van der Waals surface area (Å²) in [6, 6.07) is 9.64. The van der Waals surface area contributed by atoms with Crippen LogP contribution in [0.2, 0.25) is 0 Å². The molecule has 1 saturated heterocycles. The number of rotatable bonds is 4. The maximum Gasteiger partial charge on any atom is 0.320 e. The van der Waals surface area contributed by atoms with Crippen LogP contribution in [0.3, 0.4) is 0 Å². The third-order valence-electron chi connectivity index (χ3n) is 2.14. The maximum atomic E-state index is 11.3. The van der Waals surface area contributed by atoms with Crippen LogP contribution in [0.5, 0.6) is 0 Å². The Kier molecular flexibility index (Phi) is 3.32. The van der Waals surface area contributed by atoms with Crippen molar-refractivity contribution in [1.82, 2.24) is 4.90 Å². The van der Waals surface area contributed by atoms with E-state index in [4.69, 9.17) is 9.47 Å². The number of carbonyl (C=O) groups is 1. The van der Waals surface area contributed by atoms with E-state index in [9.17, 15) is 4.79 Å². The molecule has 1 heterocycles. The number of benzene rings is 1. The van der Waals surface area contributed by atoms with Crippen LogP contribution in [0, 0.1) is 0 Å². The molecule has 0 aromatic heterocycles. The van der Waals surface area contributed by atoms with E-state index in [1.54, 1.807) is 0 Å². The van der Waals surface area contributed by atoms with Gasteiger partial charge in [0.05, 0.1) is 0 Å². The molecule has 0 atom stereocenters. The Morgan fingerprint density at radius 2 is 2.07 bits per heavy atom. The molecule has 0 bridgehead atoms. The minimum atomic E-state index is -0.206. The topological polar surface area (TPSA) is 38.8 Å². The minimum absolute atomic E-state index is 0.206. The molecule has 1 aromatic rings. The SMILES string of the molecule is O=C(CN1COC1)OCc1ccccc1. The van der Waals surface area contributed by atoms with Gasteiger partial charge in [-0.1, -0.05) is 30.3 Å². The van der Waals surface area contributed by atoms with Crippen molar-refractivity contribution in [2.75, 3.05) is 20.0 Å². The zero-order valence-electron chi connectivity index (χ0n) is 8.39. The van der Waals surface area contributed by atoms with Gasteiger partial charge in [0, 0.05) is 0 Å². The van der Waals surface area contributed by atoms with Gasteiger partial charge in [0.1, 0.15) is 26.6 Å². The van der Waals surface area contributed by atoms with Gasteiger partial charge in [-0.2, -0.15) is 0 Å². The van der Waals surface area contributed by atoms with Crippen molar-refractivity contribution in [1.29, 1.82) is 0 Å². The predicted octanol–water partition coefficient (Wildman–Crippen LogP) is 0.977. The van der Waals surface area contributed by atoms with Gasteiger partial charge in [-0.05, 0) is 5.56 Å². The summed E-state index contributed by atoms with van der Waals surface area (Å²) in [5, 5.41) is 0. The summed E-state index contributed by atoms with van der Waals surface area (Å²) >= 11 is 0. The van der Waals surface area contributed by atoms with Gasteiger partial charge in [0.2, 0.25) is 0 Å². The molecule has 80 valence electrons. The van der Waals surface area contributed by atoms with E-state index in [-0.39, 0.29) is 5.97 Å². The lowest BCUT2D eigenvalue weighted by molar-refractivity contribution is -0.170. The van der Waals surface area contributed by atoms with Gasteiger partial charge in [-0.3, -0.25) is 4.79 Å². The molecular weight excluding hydrogens is 194 g/mol. The highest BCUT2D eigenvalue weighted by Crippen LogP contribution is 2.04. The molecule has 0 spiro atoms. The van der Waals surface area contributed by atoms with Gasteiger partial charge >= 0.3 is 5.97 Å². The Morgan fingerprint density at radius 3 is 2.67 bits per heavy atom. The maximum absolute atomic E-state index is 11.3. The van der Waals surface area contributed by atoms with Gasteiger partial charge in [0.25, 0.3) is 0 Å². The number of carbonyl (C=O) groups excluding carboxylic acids is 1. The summed E-state index contributed by atoms with van der Waals surface area (Å²) in [5.41, 5.74) is 1.01. The zero-order chi connectivity index (χ0) is 10.5. The van der Waals surface area contributed by atoms with Crippen molar-refractivity contribution in [3.05, 3.63) is 35.9 Å². The first-order chi connectivity index (χ1) is 7.34. The Morgan fingerprint density at radius 1 is 1.33 bits per heavy atom. The number of hydrogen-bond acceptors (Lipinski definition) is 4. The van der Waals surface area contributed by atoms with Crippen molar-refractivity contribution >= 4 is 5.97 Å². The van der Waals surface area contributed by atoms with Crippen LogP contribution >= 0.6 is 0 Å². The summed E-state index contributed by atoms with van der Waals surface area (Å²) in [7, 11) is 0. The van der Waals surface area contributed by atoms with Crippen molar-refractivity contribution < 1.29 is 14.3 Å². The highest BCUT2D eigenvalue weighted by molar-refractivity contribution is 5.71. The first-order valence-corrected chi connectivity index (χ1v) is 4.84. The molecule has 2 rings (SSSR count). The summed E-state index contributed by atoms with van der Waals surface area (Å²) < 4.78 is 10.0. The van der Waals surface area contributed by atoms with E-state index in [2.05, 4.69) is 0 Å². The number of nitrogens with zero attached hydrogens (tertiary/aromatic N) is 1. The van der Waals surface area contributed by atoms with Gasteiger partial charge in [-0.25, -0.2) is 4.90 Å². The van der Waals surface area contributed by atoms with Crippen molar-refractivity contribution in [3.8, 4) is 0 Å². The Labute approximate surface area is 88.4 Å². The molecule has 0 radical (unpaired) electrons. The Balaban J connectivity index is 1.71. The number of esters is 1. The number of ether oxygens (including phenoxy) is 2. The van der Waals surface area contributed by atoms with Crippen LogP contribution in [0.25, 0.3) is 0 Å². The molecule has 15 heavy (non-hydrogen) atoms. The molecular formula is C11H13NO3. The fourth-order valence-corrected chi connectivity index (χ4v) is 1.28. The summed E-state index contributed by atoms with van der Waals surface area (Å²) in [4.78, 5) is 13.2. The van der Waals surface area contributed by atoms with Crippen LogP contribution in [0.15, 0.2) is 30.3 Å². The fourth-order valence-electron chi connectivity index (χ4n) is 1.28. The van der Waals surface area contributed by atoms with Crippen LogP contribution in [0.1, 0.15) is 5.56 Å². The molecule has 0 N–H and O–H groups in total. The van der Waals surface area contributed by atoms with Crippen molar-refractivity contribution in [2.45, 2.75) is 6.61 Å². The second-order valence-corrected chi connectivity index (χ2v) is 3.44. The average molecular weight is 207 g/mol.